The van der Waals surface area contributed by atoms with Crippen LogP contribution in [0, 0.1) is 0 Å². The van der Waals surface area contributed by atoms with Gasteiger partial charge < -0.3 is 15.2 Å². The Bertz CT molecular complexity index is 456. The summed E-state index contributed by atoms with van der Waals surface area (Å²) >= 11 is 0. The number of benzene rings is 1. The summed E-state index contributed by atoms with van der Waals surface area (Å²) < 4.78 is 5.53. The van der Waals surface area contributed by atoms with Crippen LogP contribution in [0.3, 0.4) is 0 Å². The summed E-state index contributed by atoms with van der Waals surface area (Å²) in [6.45, 7) is 4.61. The number of unbranched alkanes of at least 4 members (excludes halogenated alkanes) is 1. The van der Waals surface area contributed by atoms with Gasteiger partial charge in [-0.15, -0.1) is 0 Å². The predicted molar refractivity (Wildman–Crippen MR) is 80.6 cm³/mol. The Balaban J connectivity index is 2.55. The van der Waals surface area contributed by atoms with Crippen molar-refractivity contribution in [3.63, 3.8) is 0 Å². The second kappa shape index (κ2) is 9.00. The zero-order valence-corrected chi connectivity index (χ0v) is 12.6. The van der Waals surface area contributed by atoms with E-state index in [9.17, 15) is 9.59 Å². The van der Waals surface area contributed by atoms with Crippen molar-refractivity contribution in [2.45, 2.75) is 45.6 Å². The average molecular weight is 293 g/mol. The standard InChI is InChI=1S/C16H23NO4/c1-3-5-10-21-14-8-6-12(7-9-14)16(20)17-13(4-2)11-15(18)19/h6-9,13H,3-5,10-11H2,1-2H3,(H,17,20)(H,18,19). The molecule has 0 bridgehead atoms. The minimum absolute atomic E-state index is 0.0690. The molecule has 1 amide bonds. The van der Waals surface area contributed by atoms with E-state index in [1.165, 1.54) is 0 Å². The average Bonchev–Trinajstić information content (AvgIpc) is 2.47. The molecule has 0 radical (unpaired) electrons. The minimum atomic E-state index is -0.915. The summed E-state index contributed by atoms with van der Waals surface area (Å²) in [4.78, 5) is 22.7. The number of amides is 1. The number of aliphatic carboxylic acids is 1. The largest absolute Gasteiger partial charge is 0.494 e. The van der Waals surface area contributed by atoms with Crippen LogP contribution < -0.4 is 10.1 Å². The van der Waals surface area contributed by atoms with Gasteiger partial charge in [0, 0.05) is 11.6 Å². The number of ether oxygens (including phenoxy) is 1. The summed E-state index contributed by atoms with van der Waals surface area (Å²) in [6, 6.07) is 6.52. The van der Waals surface area contributed by atoms with Gasteiger partial charge in [0.2, 0.25) is 0 Å². The molecule has 2 N–H and O–H groups in total. The van der Waals surface area contributed by atoms with Crippen LogP contribution >= 0.6 is 0 Å². The topological polar surface area (TPSA) is 75.6 Å². The summed E-state index contributed by atoms with van der Waals surface area (Å²) in [5, 5.41) is 11.5. The third-order valence-corrected chi connectivity index (χ3v) is 3.13. The lowest BCUT2D eigenvalue weighted by Gasteiger charge is -2.15. The fraction of sp³-hybridized carbons (Fsp3) is 0.500. The van der Waals surface area contributed by atoms with Crippen LogP contribution in [0.5, 0.6) is 5.75 Å². The Hall–Kier alpha value is -2.04. The molecule has 1 aromatic carbocycles. The number of hydrogen-bond acceptors (Lipinski definition) is 3. The highest BCUT2D eigenvalue weighted by Gasteiger charge is 2.15. The molecule has 0 saturated carbocycles. The van der Waals surface area contributed by atoms with E-state index in [0.717, 1.165) is 18.6 Å². The molecule has 0 spiro atoms. The molecule has 1 atom stereocenters. The Kier molecular flexibility index (Phi) is 7.29. The van der Waals surface area contributed by atoms with Crippen molar-refractivity contribution in [1.29, 1.82) is 0 Å². The van der Waals surface area contributed by atoms with Gasteiger partial charge in [-0.05, 0) is 37.1 Å². The summed E-state index contributed by atoms with van der Waals surface area (Å²) in [5.41, 5.74) is 0.502. The van der Waals surface area contributed by atoms with Gasteiger partial charge in [-0.2, -0.15) is 0 Å². The molecule has 1 unspecified atom stereocenters. The van der Waals surface area contributed by atoms with Gasteiger partial charge in [-0.25, -0.2) is 0 Å². The molecule has 0 aliphatic rings. The van der Waals surface area contributed by atoms with Crippen molar-refractivity contribution in [3.05, 3.63) is 29.8 Å². The van der Waals surface area contributed by atoms with Gasteiger partial charge in [0.15, 0.2) is 0 Å². The van der Waals surface area contributed by atoms with E-state index >= 15 is 0 Å². The van der Waals surface area contributed by atoms with Crippen molar-refractivity contribution in [3.8, 4) is 5.75 Å². The van der Waals surface area contributed by atoms with Gasteiger partial charge in [-0.3, -0.25) is 9.59 Å². The Labute approximate surface area is 125 Å². The first kappa shape index (κ1) is 17.0. The maximum atomic E-state index is 12.0. The van der Waals surface area contributed by atoms with E-state index in [-0.39, 0.29) is 18.4 Å². The number of carboxylic acids is 1. The highest BCUT2D eigenvalue weighted by molar-refractivity contribution is 5.94. The highest BCUT2D eigenvalue weighted by atomic mass is 16.5. The molecule has 0 saturated heterocycles. The van der Waals surface area contributed by atoms with Gasteiger partial charge >= 0.3 is 5.97 Å². The molecule has 1 rings (SSSR count). The number of rotatable bonds is 9. The molecule has 1 aromatic rings. The van der Waals surface area contributed by atoms with Crippen LogP contribution in [0.15, 0.2) is 24.3 Å². The molecule has 0 aliphatic heterocycles. The molecule has 21 heavy (non-hydrogen) atoms. The highest BCUT2D eigenvalue weighted by Crippen LogP contribution is 2.13. The second-order valence-electron chi connectivity index (χ2n) is 4.90. The van der Waals surface area contributed by atoms with E-state index in [2.05, 4.69) is 12.2 Å². The lowest BCUT2D eigenvalue weighted by atomic mass is 10.1. The maximum absolute atomic E-state index is 12.0. The zero-order valence-electron chi connectivity index (χ0n) is 12.6. The van der Waals surface area contributed by atoms with E-state index < -0.39 is 5.97 Å². The molecule has 0 aliphatic carbocycles. The second-order valence-corrected chi connectivity index (χ2v) is 4.90. The minimum Gasteiger partial charge on any atom is -0.494 e. The Morgan fingerprint density at radius 2 is 1.90 bits per heavy atom. The van der Waals surface area contributed by atoms with Crippen molar-refractivity contribution >= 4 is 11.9 Å². The monoisotopic (exact) mass is 293 g/mol. The smallest absolute Gasteiger partial charge is 0.305 e. The lowest BCUT2D eigenvalue weighted by Crippen LogP contribution is -2.35. The van der Waals surface area contributed by atoms with Crippen LogP contribution in [0.4, 0.5) is 0 Å². The summed E-state index contributed by atoms with van der Waals surface area (Å²) in [6.07, 6.45) is 2.58. The fourth-order valence-electron chi connectivity index (χ4n) is 1.81. The number of carbonyl (C=O) groups excluding carboxylic acids is 1. The molecular weight excluding hydrogens is 270 g/mol. The molecule has 0 fully saturated rings. The SMILES string of the molecule is CCCCOc1ccc(C(=O)NC(CC)CC(=O)O)cc1. The molecule has 5 nitrogen and oxygen atoms in total. The van der Waals surface area contributed by atoms with E-state index in [0.29, 0.717) is 18.6 Å². The van der Waals surface area contributed by atoms with Crippen molar-refractivity contribution in [1.82, 2.24) is 5.32 Å². The molecule has 5 heteroatoms. The van der Waals surface area contributed by atoms with Crippen LogP contribution in [-0.4, -0.2) is 29.6 Å². The molecule has 116 valence electrons. The normalized spacial score (nSPS) is 11.7. The molecular formula is C16H23NO4. The Morgan fingerprint density at radius 3 is 2.43 bits per heavy atom. The van der Waals surface area contributed by atoms with Crippen molar-refractivity contribution < 1.29 is 19.4 Å². The first-order valence-electron chi connectivity index (χ1n) is 7.32. The van der Waals surface area contributed by atoms with Gasteiger partial charge in [0.25, 0.3) is 5.91 Å². The summed E-state index contributed by atoms with van der Waals surface area (Å²) in [5.74, 6) is -0.442. The fourth-order valence-corrected chi connectivity index (χ4v) is 1.81. The number of carbonyl (C=O) groups is 2. The van der Waals surface area contributed by atoms with Crippen LogP contribution in [-0.2, 0) is 4.79 Å². The predicted octanol–water partition coefficient (Wildman–Crippen LogP) is 2.85. The quantitative estimate of drug-likeness (QED) is 0.686. The van der Waals surface area contributed by atoms with Crippen LogP contribution in [0.1, 0.15) is 49.9 Å². The van der Waals surface area contributed by atoms with Gasteiger partial charge in [0.1, 0.15) is 5.75 Å². The van der Waals surface area contributed by atoms with Crippen LogP contribution in [0.2, 0.25) is 0 Å². The number of nitrogens with one attached hydrogen (secondary N) is 1. The maximum Gasteiger partial charge on any atom is 0.305 e. The van der Waals surface area contributed by atoms with E-state index in [1.54, 1.807) is 24.3 Å². The molecule has 0 aromatic heterocycles. The molecule has 0 heterocycles. The third-order valence-electron chi connectivity index (χ3n) is 3.13. The zero-order chi connectivity index (χ0) is 15.7. The first-order chi connectivity index (χ1) is 10.1. The first-order valence-corrected chi connectivity index (χ1v) is 7.32. The number of hydrogen-bond donors (Lipinski definition) is 2. The van der Waals surface area contributed by atoms with E-state index in [1.807, 2.05) is 6.92 Å². The van der Waals surface area contributed by atoms with Crippen LogP contribution in [0.25, 0.3) is 0 Å². The lowest BCUT2D eigenvalue weighted by molar-refractivity contribution is -0.137. The van der Waals surface area contributed by atoms with Gasteiger partial charge in [0.05, 0.1) is 13.0 Å². The summed E-state index contributed by atoms with van der Waals surface area (Å²) in [7, 11) is 0. The van der Waals surface area contributed by atoms with Crippen molar-refractivity contribution in [2.24, 2.45) is 0 Å². The van der Waals surface area contributed by atoms with Crippen molar-refractivity contribution in [2.75, 3.05) is 6.61 Å². The van der Waals surface area contributed by atoms with E-state index in [4.69, 9.17) is 9.84 Å². The Morgan fingerprint density at radius 1 is 1.24 bits per heavy atom. The number of carboxylic acid groups (broad SMARTS) is 1. The third kappa shape index (κ3) is 6.29. The van der Waals surface area contributed by atoms with Gasteiger partial charge in [-0.1, -0.05) is 20.3 Å².